The van der Waals surface area contributed by atoms with Crippen LogP contribution in [0.3, 0.4) is 0 Å². The summed E-state index contributed by atoms with van der Waals surface area (Å²) in [7, 11) is 5.60. The molecule has 0 unspecified atom stereocenters. The Hall–Kier alpha value is -2.38. The Morgan fingerprint density at radius 1 is 1.37 bits per heavy atom. The Kier molecular flexibility index (Phi) is 6.13. The normalized spacial score (nSPS) is 19.4. The van der Waals surface area contributed by atoms with Crippen molar-refractivity contribution in [2.45, 2.75) is 6.04 Å². The van der Waals surface area contributed by atoms with Crippen LogP contribution in [-0.4, -0.2) is 67.7 Å². The van der Waals surface area contributed by atoms with Gasteiger partial charge in [0.1, 0.15) is 17.9 Å². The number of aromatic nitrogens is 2. The summed E-state index contributed by atoms with van der Waals surface area (Å²) in [6.45, 7) is 2.37. The Bertz CT molecular complexity index is 787. The molecule has 1 saturated heterocycles. The number of hydrogen-bond donors (Lipinski definition) is 1. The Morgan fingerprint density at radius 3 is 2.85 bits per heavy atom. The van der Waals surface area contributed by atoms with Gasteiger partial charge in [0.05, 0.1) is 18.7 Å². The molecule has 1 aromatic carbocycles. The molecule has 0 spiro atoms. The molecule has 8 heteroatoms. The Morgan fingerprint density at radius 2 is 2.19 bits per heavy atom. The lowest BCUT2D eigenvalue weighted by Gasteiger charge is -2.23. The smallest absolute Gasteiger partial charge is 0.255 e. The number of halogens is 1. The van der Waals surface area contributed by atoms with E-state index in [1.54, 1.807) is 30.7 Å². The highest BCUT2D eigenvalue weighted by molar-refractivity contribution is 6.30. The van der Waals surface area contributed by atoms with E-state index in [2.05, 4.69) is 25.1 Å². The van der Waals surface area contributed by atoms with Crippen LogP contribution in [0.5, 0.6) is 5.75 Å². The summed E-state index contributed by atoms with van der Waals surface area (Å²) in [6, 6.07) is 6.91. The van der Waals surface area contributed by atoms with Crippen LogP contribution in [-0.2, 0) is 0 Å². The number of carbonyl (C=O) groups is 1. The quantitative estimate of drug-likeness (QED) is 0.814. The largest absolute Gasteiger partial charge is 0.496 e. The van der Waals surface area contributed by atoms with Crippen molar-refractivity contribution < 1.29 is 9.53 Å². The molecule has 0 bridgehead atoms. The van der Waals surface area contributed by atoms with Crippen LogP contribution < -0.4 is 15.0 Å². The van der Waals surface area contributed by atoms with Crippen LogP contribution in [0.15, 0.2) is 36.8 Å². The van der Waals surface area contributed by atoms with Crippen LogP contribution in [0.4, 0.5) is 5.82 Å². The van der Waals surface area contributed by atoms with Gasteiger partial charge in [-0.3, -0.25) is 4.79 Å². The van der Waals surface area contributed by atoms with Crippen LogP contribution >= 0.6 is 11.6 Å². The molecule has 1 amide bonds. The van der Waals surface area contributed by atoms with Gasteiger partial charge in [0.25, 0.3) is 5.91 Å². The lowest BCUT2D eigenvalue weighted by atomic mass is 10.0. The van der Waals surface area contributed by atoms with Gasteiger partial charge in [-0.15, -0.1) is 0 Å². The van der Waals surface area contributed by atoms with Crippen molar-refractivity contribution in [3.8, 4) is 5.75 Å². The maximum absolute atomic E-state index is 12.9. The molecule has 2 aromatic rings. The Balaban J connectivity index is 1.77. The molecule has 0 saturated carbocycles. The summed E-state index contributed by atoms with van der Waals surface area (Å²) in [4.78, 5) is 25.5. The van der Waals surface area contributed by atoms with Crippen LogP contribution in [0, 0.1) is 5.92 Å². The van der Waals surface area contributed by atoms with Crippen molar-refractivity contribution in [1.29, 1.82) is 0 Å². The van der Waals surface area contributed by atoms with Gasteiger partial charge in [-0.05, 0) is 38.4 Å². The van der Waals surface area contributed by atoms with Crippen LogP contribution in [0.25, 0.3) is 0 Å². The molecule has 7 nitrogen and oxygen atoms in total. The molecule has 3 rings (SSSR count). The van der Waals surface area contributed by atoms with Crippen molar-refractivity contribution in [2.75, 3.05) is 45.7 Å². The average molecular weight is 390 g/mol. The van der Waals surface area contributed by atoms with Crippen LogP contribution in [0.1, 0.15) is 10.4 Å². The Labute approximate surface area is 164 Å². The lowest BCUT2D eigenvalue weighted by Crippen LogP contribution is -2.43. The highest BCUT2D eigenvalue weighted by atomic mass is 35.5. The van der Waals surface area contributed by atoms with Crippen molar-refractivity contribution >= 4 is 23.3 Å². The topological polar surface area (TPSA) is 70.6 Å². The first-order chi connectivity index (χ1) is 13.0. The summed E-state index contributed by atoms with van der Waals surface area (Å²) in [5.41, 5.74) is 0.478. The zero-order valence-electron chi connectivity index (χ0n) is 15.7. The monoisotopic (exact) mass is 389 g/mol. The second kappa shape index (κ2) is 8.54. The van der Waals surface area contributed by atoms with Gasteiger partial charge in [-0.25, -0.2) is 9.97 Å². The number of nitrogens with zero attached hydrogens (tertiary/aromatic N) is 4. The van der Waals surface area contributed by atoms with Crippen molar-refractivity contribution in [1.82, 2.24) is 20.2 Å². The number of amides is 1. The number of anilines is 1. The minimum Gasteiger partial charge on any atom is -0.496 e. The first-order valence-electron chi connectivity index (χ1n) is 8.78. The number of rotatable bonds is 6. The van der Waals surface area contributed by atoms with E-state index in [1.165, 1.54) is 7.11 Å². The molecule has 1 aromatic heterocycles. The summed E-state index contributed by atoms with van der Waals surface area (Å²) in [6.07, 6.45) is 3.27. The molecular weight excluding hydrogens is 366 g/mol. The first kappa shape index (κ1) is 19.4. The number of ether oxygens (including phenoxy) is 1. The number of benzene rings is 1. The van der Waals surface area contributed by atoms with Crippen LogP contribution in [0.2, 0.25) is 5.02 Å². The fourth-order valence-electron chi connectivity index (χ4n) is 3.45. The molecule has 144 valence electrons. The van der Waals surface area contributed by atoms with Gasteiger partial charge >= 0.3 is 0 Å². The fourth-order valence-corrected chi connectivity index (χ4v) is 3.61. The molecule has 27 heavy (non-hydrogen) atoms. The molecule has 1 aliphatic heterocycles. The third-order valence-corrected chi connectivity index (χ3v) is 4.89. The summed E-state index contributed by atoms with van der Waals surface area (Å²) in [5.74, 6) is 1.45. The van der Waals surface area contributed by atoms with Crippen molar-refractivity contribution in [2.24, 2.45) is 5.92 Å². The first-order valence-corrected chi connectivity index (χ1v) is 9.16. The van der Waals surface area contributed by atoms with E-state index in [9.17, 15) is 4.79 Å². The van der Waals surface area contributed by atoms with Crippen molar-refractivity contribution in [3.63, 3.8) is 0 Å². The van der Waals surface area contributed by atoms with E-state index in [4.69, 9.17) is 16.3 Å². The fraction of sp³-hybridized carbons (Fsp3) is 0.421. The number of hydrogen-bond acceptors (Lipinski definition) is 6. The second-order valence-electron chi connectivity index (χ2n) is 6.92. The van der Waals surface area contributed by atoms with E-state index >= 15 is 0 Å². The van der Waals surface area contributed by atoms with E-state index in [0.717, 1.165) is 18.9 Å². The summed E-state index contributed by atoms with van der Waals surface area (Å²) >= 11 is 6.00. The minimum absolute atomic E-state index is 0.00440. The van der Waals surface area contributed by atoms with E-state index in [-0.39, 0.29) is 17.9 Å². The summed E-state index contributed by atoms with van der Waals surface area (Å²) in [5, 5.41) is 3.70. The summed E-state index contributed by atoms with van der Waals surface area (Å²) < 4.78 is 5.31. The van der Waals surface area contributed by atoms with Gasteiger partial charge in [0.15, 0.2) is 0 Å². The minimum atomic E-state index is -0.165. The zero-order chi connectivity index (χ0) is 19.4. The molecule has 2 atom stereocenters. The highest BCUT2D eigenvalue weighted by Crippen LogP contribution is 2.26. The predicted molar refractivity (Wildman–Crippen MR) is 106 cm³/mol. The van der Waals surface area contributed by atoms with E-state index in [0.29, 0.717) is 22.9 Å². The SMILES string of the molecule is COc1cc(Cl)ccc1C(=O)N[C@@H]1CN(c2ccncn2)C[C@H]1CN(C)C. The maximum atomic E-state index is 12.9. The standard InChI is InChI=1S/C19H24ClN5O2/c1-24(2)9-13-10-25(18-6-7-21-12-22-18)11-16(13)23-19(26)15-5-4-14(20)8-17(15)27-3/h4-8,12-13,16H,9-11H2,1-3H3,(H,23,26)/t13-,16-/m1/s1. The zero-order valence-corrected chi connectivity index (χ0v) is 16.5. The molecule has 0 radical (unpaired) electrons. The van der Waals surface area contributed by atoms with E-state index < -0.39 is 0 Å². The predicted octanol–water partition coefficient (Wildman–Crippen LogP) is 1.94. The van der Waals surface area contributed by atoms with Gasteiger partial charge in [-0.2, -0.15) is 0 Å². The lowest BCUT2D eigenvalue weighted by molar-refractivity contribution is 0.0925. The number of carbonyl (C=O) groups excluding carboxylic acids is 1. The molecule has 1 N–H and O–H groups in total. The number of methoxy groups -OCH3 is 1. The molecular formula is C19H24ClN5O2. The number of nitrogens with one attached hydrogen (secondary N) is 1. The van der Waals surface area contributed by atoms with Gasteiger partial charge in [-0.1, -0.05) is 11.6 Å². The third kappa shape index (κ3) is 4.67. The molecule has 1 fully saturated rings. The average Bonchev–Trinajstić information content (AvgIpc) is 3.04. The molecule has 0 aliphatic carbocycles. The maximum Gasteiger partial charge on any atom is 0.255 e. The van der Waals surface area contributed by atoms with Crippen molar-refractivity contribution in [3.05, 3.63) is 47.4 Å². The van der Waals surface area contributed by atoms with Gasteiger partial charge < -0.3 is 19.9 Å². The third-order valence-electron chi connectivity index (χ3n) is 4.66. The molecule has 2 heterocycles. The van der Waals surface area contributed by atoms with Gasteiger partial charge in [0, 0.05) is 36.8 Å². The second-order valence-corrected chi connectivity index (χ2v) is 7.36. The van der Waals surface area contributed by atoms with E-state index in [1.807, 2.05) is 20.2 Å². The molecule has 1 aliphatic rings. The van der Waals surface area contributed by atoms with Gasteiger partial charge in [0.2, 0.25) is 0 Å². The highest BCUT2D eigenvalue weighted by Gasteiger charge is 2.35.